The van der Waals surface area contributed by atoms with Gasteiger partial charge >= 0.3 is 0 Å². The lowest BCUT2D eigenvalue weighted by Crippen LogP contribution is -2.42. The van der Waals surface area contributed by atoms with Crippen LogP contribution in [0, 0.1) is 5.92 Å². The molecule has 0 aromatic heterocycles. The molecular formula is C16H25N3O. The predicted octanol–water partition coefficient (Wildman–Crippen LogP) is 1.82. The van der Waals surface area contributed by atoms with Crippen LogP contribution < -0.4 is 10.2 Å². The van der Waals surface area contributed by atoms with Crippen molar-refractivity contribution in [2.24, 2.45) is 5.92 Å². The Labute approximate surface area is 121 Å². The van der Waals surface area contributed by atoms with Crippen LogP contribution in [0.15, 0.2) is 24.3 Å². The number of hydrogen-bond acceptors (Lipinski definition) is 3. The fourth-order valence-corrected chi connectivity index (χ4v) is 2.79. The first-order valence-electron chi connectivity index (χ1n) is 7.33. The molecule has 1 aromatic carbocycles. The van der Waals surface area contributed by atoms with Gasteiger partial charge in [0.1, 0.15) is 0 Å². The van der Waals surface area contributed by atoms with Crippen LogP contribution in [0.25, 0.3) is 0 Å². The first kappa shape index (κ1) is 14.9. The lowest BCUT2D eigenvalue weighted by atomic mass is 9.97. The number of hydrogen-bond donors (Lipinski definition) is 1. The van der Waals surface area contributed by atoms with Crippen LogP contribution >= 0.6 is 0 Å². The minimum Gasteiger partial charge on any atom is -0.378 e. The molecule has 4 heteroatoms. The van der Waals surface area contributed by atoms with Crippen molar-refractivity contribution in [1.82, 2.24) is 10.2 Å². The lowest BCUT2D eigenvalue weighted by molar-refractivity contribution is 0.0674. The molecule has 1 saturated heterocycles. The number of carbonyl (C=O) groups excluding carboxylic acids is 1. The maximum atomic E-state index is 12.5. The lowest BCUT2D eigenvalue weighted by Gasteiger charge is -2.32. The predicted molar refractivity (Wildman–Crippen MR) is 83.3 cm³/mol. The average Bonchev–Trinajstić information content (AvgIpc) is 2.47. The normalized spacial score (nSPS) is 18.9. The van der Waals surface area contributed by atoms with Crippen LogP contribution in [-0.4, -0.2) is 51.6 Å². The van der Waals surface area contributed by atoms with E-state index in [0.717, 1.165) is 37.3 Å². The Balaban J connectivity index is 2.02. The van der Waals surface area contributed by atoms with Crippen molar-refractivity contribution >= 4 is 11.6 Å². The Morgan fingerprint density at radius 2 is 2.05 bits per heavy atom. The summed E-state index contributed by atoms with van der Waals surface area (Å²) in [7, 11) is 5.98. The number of anilines is 1. The quantitative estimate of drug-likeness (QED) is 0.910. The van der Waals surface area contributed by atoms with Gasteiger partial charge < -0.3 is 15.1 Å². The van der Waals surface area contributed by atoms with E-state index in [9.17, 15) is 4.79 Å². The zero-order valence-electron chi connectivity index (χ0n) is 12.7. The Bertz CT molecular complexity index is 440. The van der Waals surface area contributed by atoms with E-state index >= 15 is 0 Å². The van der Waals surface area contributed by atoms with E-state index in [2.05, 4.69) is 5.32 Å². The molecule has 1 N–H and O–H groups in total. The van der Waals surface area contributed by atoms with E-state index in [0.29, 0.717) is 5.92 Å². The number of nitrogens with one attached hydrogen (secondary N) is 1. The molecule has 1 amide bonds. The topological polar surface area (TPSA) is 35.6 Å². The molecule has 1 fully saturated rings. The van der Waals surface area contributed by atoms with Gasteiger partial charge in [-0.15, -0.1) is 0 Å². The maximum absolute atomic E-state index is 12.5. The highest BCUT2D eigenvalue weighted by molar-refractivity contribution is 5.94. The van der Waals surface area contributed by atoms with Crippen LogP contribution in [0.2, 0.25) is 0 Å². The van der Waals surface area contributed by atoms with Gasteiger partial charge in [-0.2, -0.15) is 0 Å². The summed E-state index contributed by atoms with van der Waals surface area (Å²) in [6.07, 6.45) is 2.32. The third-order valence-electron chi connectivity index (χ3n) is 3.93. The number of amides is 1. The van der Waals surface area contributed by atoms with E-state index in [-0.39, 0.29) is 5.91 Å². The summed E-state index contributed by atoms with van der Waals surface area (Å²) in [4.78, 5) is 16.6. The summed E-state index contributed by atoms with van der Waals surface area (Å²) in [6, 6.07) is 7.86. The van der Waals surface area contributed by atoms with Gasteiger partial charge in [0.2, 0.25) is 0 Å². The number of benzene rings is 1. The summed E-state index contributed by atoms with van der Waals surface area (Å²) < 4.78 is 0. The standard InChI is InChI=1S/C16H25N3O/c1-17-11-13-5-4-10-19(12-13)16(20)14-6-8-15(9-7-14)18(2)3/h6-9,13,17H,4-5,10-12H2,1-3H3. The minimum atomic E-state index is 0.163. The molecule has 0 aliphatic carbocycles. The average molecular weight is 275 g/mol. The second kappa shape index (κ2) is 6.75. The van der Waals surface area contributed by atoms with E-state index in [1.54, 1.807) is 0 Å². The molecule has 110 valence electrons. The van der Waals surface area contributed by atoms with E-state index < -0.39 is 0 Å². The number of likely N-dealkylation sites (tertiary alicyclic amines) is 1. The molecule has 1 unspecified atom stereocenters. The fraction of sp³-hybridized carbons (Fsp3) is 0.562. The molecule has 0 spiro atoms. The van der Waals surface area contributed by atoms with Crippen molar-refractivity contribution in [2.45, 2.75) is 12.8 Å². The van der Waals surface area contributed by atoms with Crippen LogP contribution in [0.1, 0.15) is 23.2 Å². The van der Waals surface area contributed by atoms with Gasteiger partial charge in [0.15, 0.2) is 0 Å². The van der Waals surface area contributed by atoms with Crippen LogP contribution in [0.5, 0.6) is 0 Å². The van der Waals surface area contributed by atoms with Crippen LogP contribution in [0.3, 0.4) is 0 Å². The molecule has 0 saturated carbocycles. The summed E-state index contributed by atoms with van der Waals surface area (Å²) in [5.74, 6) is 0.745. The van der Waals surface area contributed by atoms with Crippen molar-refractivity contribution in [3.05, 3.63) is 29.8 Å². The molecule has 0 radical (unpaired) electrons. The highest BCUT2D eigenvalue weighted by atomic mass is 16.2. The Hall–Kier alpha value is -1.55. The van der Waals surface area contributed by atoms with Gasteiger partial charge in [0.05, 0.1) is 0 Å². The van der Waals surface area contributed by atoms with Crippen LogP contribution in [0.4, 0.5) is 5.69 Å². The number of rotatable bonds is 4. The van der Waals surface area contributed by atoms with E-state index in [1.807, 2.05) is 55.2 Å². The fourth-order valence-electron chi connectivity index (χ4n) is 2.79. The Morgan fingerprint density at radius 3 is 2.65 bits per heavy atom. The SMILES string of the molecule is CNCC1CCCN(C(=O)c2ccc(N(C)C)cc2)C1. The molecule has 20 heavy (non-hydrogen) atoms. The van der Waals surface area contributed by atoms with Crippen molar-refractivity contribution in [3.8, 4) is 0 Å². The van der Waals surface area contributed by atoms with Crippen molar-refractivity contribution in [2.75, 3.05) is 45.7 Å². The van der Waals surface area contributed by atoms with Gasteiger partial charge in [-0.25, -0.2) is 0 Å². The minimum absolute atomic E-state index is 0.163. The molecule has 0 bridgehead atoms. The van der Waals surface area contributed by atoms with E-state index in [4.69, 9.17) is 0 Å². The Kier molecular flexibility index (Phi) is 5.01. The van der Waals surface area contributed by atoms with Gasteiger partial charge in [-0.3, -0.25) is 4.79 Å². The number of piperidine rings is 1. The number of nitrogens with zero attached hydrogens (tertiary/aromatic N) is 2. The second-order valence-electron chi connectivity index (χ2n) is 5.76. The summed E-state index contributed by atoms with van der Waals surface area (Å²) >= 11 is 0. The first-order chi connectivity index (χ1) is 9.61. The van der Waals surface area contributed by atoms with Gasteiger partial charge in [-0.1, -0.05) is 0 Å². The third-order valence-corrected chi connectivity index (χ3v) is 3.93. The van der Waals surface area contributed by atoms with Crippen molar-refractivity contribution < 1.29 is 4.79 Å². The smallest absolute Gasteiger partial charge is 0.253 e. The zero-order chi connectivity index (χ0) is 14.5. The highest BCUT2D eigenvalue weighted by Gasteiger charge is 2.23. The second-order valence-corrected chi connectivity index (χ2v) is 5.76. The summed E-state index contributed by atoms with van der Waals surface area (Å²) in [5, 5.41) is 3.21. The van der Waals surface area contributed by atoms with Gasteiger partial charge in [-0.05, 0) is 56.6 Å². The van der Waals surface area contributed by atoms with Crippen molar-refractivity contribution in [3.63, 3.8) is 0 Å². The molecule has 1 aliphatic heterocycles. The van der Waals surface area contributed by atoms with Crippen molar-refractivity contribution in [1.29, 1.82) is 0 Å². The molecule has 1 aliphatic rings. The summed E-state index contributed by atoms with van der Waals surface area (Å²) in [5.41, 5.74) is 1.91. The first-order valence-corrected chi connectivity index (χ1v) is 7.33. The van der Waals surface area contributed by atoms with Crippen LogP contribution in [-0.2, 0) is 0 Å². The van der Waals surface area contributed by atoms with Gasteiger partial charge in [0, 0.05) is 38.4 Å². The molecular weight excluding hydrogens is 250 g/mol. The largest absolute Gasteiger partial charge is 0.378 e. The monoisotopic (exact) mass is 275 g/mol. The Morgan fingerprint density at radius 1 is 1.35 bits per heavy atom. The number of carbonyl (C=O) groups is 1. The molecule has 1 aromatic rings. The van der Waals surface area contributed by atoms with Gasteiger partial charge in [0.25, 0.3) is 5.91 Å². The zero-order valence-corrected chi connectivity index (χ0v) is 12.7. The van der Waals surface area contributed by atoms with E-state index in [1.165, 1.54) is 6.42 Å². The molecule has 4 nitrogen and oxygen atoms in total. The highest BCUT2D eigenvalue weighted by Crippen LogP contribution is 2.19. The maximum Gasteiger partial charge on any atom is 0.253 e. The third kappa shape index (κ3) is 3.51. The molecule has 1 heterocycles. The summed E-state index contributed by atoms with van der Waals surface area (Å²) in [6.45, 7) is 2.74. The molecule has 2 rings (SSSR count). The molecule has 1 atom stereocenters.